The normalized spacial score (nSPS) is 15.2. The minimum Gasteiger partial charge on any atom is -0.370 e. The van der Waals surface area contributed by atoms with Gasteiger partial charge >= 0.3 is 0 Å². The van der Waals surface area contributed by atoms with Crippen molar-refractivity contribution in [2.75, 3.05) is 24.5 Å². The molecular formula is C19H21ClFN3O. The molecule has 132 valence electrons. The lowest BCUT2D eigenvalue weighted by Crippen LogP contribution is -2.39. The number of benzene rings is 1. The lowest BCUT2D eigenvalue weighted by Gasteiger charge is -2.33. The first kappa shape index (κ1) is 17.7. The Hall–Kier alpha value is -2.14. The lowest BCUT2D eigenvalue weighted by molar-refractivity contribution is -0.120. The summed E-state index contributed by atoms with van der Waals surface area (Å²) < 4.78 is 13.7. The van der Waals surface area contributed by atoms with E-state index in [2.05, 4.69) is 21.3 Å². The highest BCUT2D eigenvalue weighted by molar-refractivity contribution is 6.31. The number of amides is 1. The maximum atomic E-state index is 13.7. The van der Waals surface area contributed by atoms with Crippen LogP contribution in [0.4, 0.5) is 10.1 Å². The summed E-state index contributed by atoms with van der Waals surface area (Å²) in [6, 6.07) is 8.46. The van der Waals surface area contributed by atoms with E-state index in [1.807, 2.05) is 12.3 Å². The molecule has 0 radical (unpaired) electrons. The van der Waals surface area contributed by atoms with Crippen molar-refractivity contribution in [2.24, 2.45) is 5.92 Å². The molecule has 25 heavy (non-hydrogen) atoms. The van der Waals surface area contributed by atoms with Crippen LogP contribution in [0.2, 0.25) is 5.02 Å². The van der Waals surface area contributed by atoms with Gasteiger partial charge in [-0.3, -0.25) is 9.78 Å². The Bertz CT molecular complexity index is 698. The van der Waals surface area contributed by atoms with Crippen LogP contribution in [0.3, 0.4) is 0 Å². The zero-order valence-corrected chi connectivity index (χ0v) is 14.7. The van der Waals surface area contributed by atoms with Crippen molar-refractivity contribution in [3.63, 3.8) is 0 Å². The summed E-state index contributed by atoms with van der Waals surface area (Å²) in [6.45, 7) is 2.52. The van der Waals surface area contributed by atoms with Crippen LogP contribution in [0.1, 0.15) is 18.4 Å². The van der Waals surface area contributed by atoms with E-state index in [0.717, 1.165) is 31.6 Å². The van der Waals surface area contributed by atoms with Crippen molar-refractivity contribution in [1.82, 2.24) is 10.3 Å². The highest BCUT2D eigenvalue weighted by Gasteiger charge is 2.20. The summed E-state index contributed by atoms with van der Waals surface area (Å²) in [7, 11) is 0. The highest BCUT2D eigenvalue weighted by Crippen LogP contribution is 2.22. The van der Waals surface area contributed by atoms with Gasteiger partial charge in [0.25, 0.3) is 0 Å². The number of rotatable bonds is 5. The molecule has 0 atom stereocenters. The highest BCUT2D eigenvalue weighted by atomic mass is 35.5. The molecule has 1 saturated heterocycles. The van der Waals surface area contributed by atoms with E-state index in [9.17, 15) is 9.18 Å². The van der Waals surface area contributed by atoms with Gasteiger partial charge in [0.15, 0.2) is 0 Å². The van der Waals surface area contributed by atoms with E-state index >= 15 is 0 Å². The number of carbonyl (C=O) groups excluding carboxylic acids is 1. The summed E-state index contributed by atoms with van der Waals surface area (Å²) in [5, 5.41) is 3.21. The first-order valence-electron chi connectivity index (χ1n) is 8.48. The molecule has 0 saturated carbocycles. The molecule has 1 N–H and O–H groups in total. The van der Waals surface area contributed by atoms with E-state index in [-0.39, 0.29) is 17.9 Å². The number of nitrogens with zero attached hydrogens (tertiary/aromatic N) is 2. The fourth-order valence-electron chi connectivity index (χ4n) is 3.12. The van der Waals surface area contributed by atoms with E-state index in [1.54, 1.807) is 12.3 Å². The maximum Gasteiger partial charge on any atom is 0.224 e. The standard InChI is InChI=1S/C19H21ClFN3O/c20-17-4-1-5-18(21)16(17)11-19(25)23-12-14-6-9-24(10-7-14)15-3-2-8-22-13-15/h1-5,8,13-14H,6-7,9-12H2,(H,23,25). The number of piperidine rings is 1. The van der Waals surface area contributed by atoms with Gasteiger partial charge < -0.3 is 10.2 Å². The number of carbonyl (C=O) groups is 1. The summed E-state index contributed by atoms with van der Waals surface area (Å²) in [4.78, 5) is 18.6. The van der Waals surface area contributed by atoms with Crippen molar-refractivity contribution in [2.45, 2.75) is 19.3 Å². The Morgan fingerprint density at radius 3 is 2.76 bits per heavy atom. The van der Waals surface area contributed by atoms with Gasteiger partial charge in [-0.2, -0.15) is 0 Å². The van der Waals surface area contributed by atoms with Crippen LogP contribution in [0, 0.1) is 11.7 Å². The SMILES string of the molecule is O=C(Cc1c(F)cccc1Cl)NCC1CCN(c2cccnc2)CC1. The molecule has 1 amide bonds. The largest absolute Gasteiger partial charge is 0.370 e. The summed E-state index contributed by atoms with van der Waals surface area (Å²) in [6.07, 6.45) is 5.64. The Morgan fingerprint density at radius 1 is 1.28 bits per heavy atom. The van der Waals surface area contributed by atoms with Gasteiger partial charge in [-0.25, -0.2) is 4.39 Å². The molecule has 1 aromatic heterocycles. The van der Waals surface area contributed by atoms with Gasteiger partial charge in [0, 0.05) is 36.4 Å². The first-order chi connectivity index (χ1) is 12.1. The van der Waals surface area contributed by atoms with Crippen LogP contribution in [0.25, 0.3) is 0 Å². The van der Waals surface area contributed by atoms with Crippen LogP contribution >= 0.6 is 11.6 Å². The van der Waals surface area contributed by atoms with E-state index in [0.29, 0.717) is 17.5 Å². The monoisotopic (exact) mass is 361 g/mol. The molecule has 4 nitrogen and oxygen atoms in total. The number of hydrogen-bond donors (Lipinski definition) is 1. The second kappa shape index (κ2) is 8.30. The van der Waals surface area contributed by atoms with Crippen LogP contribution in [-0.4, -0.2) is 30.5 Å². The molecule has 0 unspecified atom stereocenters. The molecular weight excluding hydrogens is 341 g/mol. The zero-order chi connectivity index (χ0) is 17.6. The summed E-state index contributed by atoms with van der Waals surface area (Å²) >= 11 is 5.97. The number of anilines is 1. The number of halogens is 2. The number of hydrogen-bond acceptors (Lipinski definition) is 3. The fourth-order valence-corrected chi connectivity index (χ4v) is 3.35. The summed E-state index contributed by atoms with van der Waals surface area (Å²) in [5.74, 6) is -0.193. The number of nitrogens with one attached hydrogen (secondary N) is 1. The Labute approximate surface area is 152 Å². The van der Waals surface area contributed by atoms with E-state index in [4.69, 9.17) is 11.6 Å². The average Bonchev–Trinajstić information content (AvgIpc) is 2.64. The van der Waals surface area contributed by atoms with Crippen LogP contribution in [0.5, 0.6) is 0 Å². The molecule has 2 aromatic rings. The minimum atomic E-state index is -0.438. The van der Waals surface area contributed by atoms with Crippen molar-refractivity contribution in [3.8, 4) is 0 Å². The van der Waals surface area contributed by atoms with Crippen molar-refractivity contribution in [3.05, 3.63) is 59.1 Å². The van der Waals surface area contributed by atoms with Gasteiger partial charge in [0.05, 0.1) is 18.3 Å². The third-order valence-corrected chi connectivity index (χ3v) is 4.97. The molecule has 1 aliphatic rings. The average molecular weight is 362 g/mol. The molecule has 3 rings (SSSR count). The first-order valence-corrected chi connectivity index (χ1v) is 8.86. The van der Waals surface area contributed by atoms with E-state index < -0.39 is 5.82 Å². The van der Waals surface area contributed by atoms with Gasteiger partial charge in [-0.1, -0.05) is 17.7 Å². The van der Waals surface area contributed by atoms with Crippen molar-refractivity contribution in [1.29, 1.82) is 0 Å². The molecule has 2 heterocycles. The topological polar surface area (TPSA) is 45.2 Å². The Morgan fingerprint density at radius 2 is 2.08 bits per heavy atom. The molecule has 1 aliphatic heterocycles. The van der Waals surface area contributed by atoms with Gasteiger partial charge in [-0.15, -0.1) is 0 Å². The quantitative estimate of drug-likeness (QED) is 0.887. The molecule has 0 aliphatic carbocycles. The minimum absolute atomic E-state index is 0.0277. The van der Waals surface area contributed by atoms with Crippen molar-refractivity contribution < 1.29 is 9.18 Å². The molecule has 6 heteroatoms. The Balaban J connectivity index is 1.45. The Kier molecular flexibility index (Phi) is 5.87. The third-order valence-electron chi connectivity index (χ3n) is 4.61. The van der Waals surface area contributed by atoms with Crippen LogP contribution in [-0.2, 0) is 11.2 Å². The predicted molar refractivity (Wildman–Crippen MR) is 97.3 cm³/mol. The van der Waals surface area contributed by atoms with Crippen molar-refractivity contribution >= 4 is 23.2 Å². The fraction of sp³-hybridized carbons (Fsp3) is 0.368. The molecule has 1 aromatic carbocycles. The smallest absolute Gasteiger partial charge is 0.224 e. The molecule has 0 spiro atoms. The van der Waals surface area contributed by atoms with Gasteiger partial charge in [0.1, 0.15) is 5.82 Å². The number of aromatic nitrogens is 1. The van der Waals surface area contributed by atoms with Crippen LogP contribution < -0.4 is 10.2 Å². The lowest BCUT2D eigenvalue weighted by atomic mass is 9.96. The predicted octanol–water partition coefficient (Wildman–Crippen LogP) is 3.45. The van der Waals surface area contributed by atoms with Gasteiger partial charge in [-0.05, 0) is 43.0 Å². The number of pyridine rings is 1. The maximum absolute atomic E-state index is 13.7. The third kappa shape index (κ3) is 4.69. The molecule has 1 fully saturated rings. The van der Waals surface area contributed by atoms with Gasteiger partial charge in [0.2, 0.25) is 5.91 Å². The van der Waals surface area contributed by atoms with Crippen LogP contribution in [0.15, 0.2) is 42.7 Å². The zero-order valence-electron chi connectivity index (χ0n) is 13.9. The second-order valence-electron chi connectivity index (χ2n) is 6.32. The van der Waals surface area contributed by atoms with E-state index in [1.165, 1.54) is 12.1 Å². The summed E-state index contributed by atoms with van der Waals surface area (Å²) in [5.41, 5.74) is 1.40. The second-order valence-corrected chi connectivity index (χ2v) is 6.73. The molecule has 0 bridgehead atoms.